The smallest absolute Gasteiger partial charge is 0.107 e. The van der Waals surface area contributed by atoms with Gasteiger partial charge in [-0.3, -0.25) is 4.90 Å². The number of ether oxygens (including phenoxy) is 1. The molecule has 132 valence electrons. The number of anilines is 2. The molecular formula is C20H19N3OS2. The van der Waals surface area contributed by atoms with Crippen LogP contribution in [0.1, 0.15) is 5.01 Å². The second-order valence-corrected chi connectivity index (χ2v) is 8.48. The van der Waals surface area contributed by atoms with Crippen molar-refractivity contribution in [3.8, 4) is 11.3 Å². The summed E-state index contributed by atoms with van der Waals surface area (Å²) >= 11 is 3.56. The van der Waals surface area contributed by atoms with E-state index in [1.54, 1.807) is 11.3 Å². The Morgan fingerprint density at radius 3 is 2.81 bits per heavy atom. The lowest BCUT2D eigenvalue weighted by molar-refractivity contribution is 0.0342. The van der Waals surface area contributed by atoms with Crippen LogP contribution in [0.4, 0.5) is 11.4 Å². The number of fused-ring (bicyclic) bond motifs is 2. The van der Waals surface area contributed by atoms with Crippen LogP contribution >= 0.6 is 23.1 Å². The van der Waals surface area contributed by atoms with Gasteiger partial charge in [-0.15, -0.1) is 11.3 Å². The van der Waals surface area contributed by atoms with Crippen LogP contribution in [0.2, 0.25) is 0 Å². The molecule has 0 saturated carbocycles. The lowest BCUT2D eigenvalue weighted by atomic mass is 10.1. The number of hydrogen-bond donors (Lipinski definition) is 1. The first-order valence-corrected chi connectivity index (χ1v) is 10.5. The van der Waals surface area contributed by atoms with E-state index in [9.17, 15) is 0 Å². The molecule has 0 unspecified atom stereocenters. The van der Waals surface area contributed by atoms with Crippen LogP contribution in [0.15, 0.2) is 57.6 Å². The maximum absolute atomic E-state index is 5.42. The summed E-state index contributed by atoms with van der Waals surface area (Å²) in [6.07, 6.45) is 0. The van der Waals surface area contributed by atoms with E-state index in [4.69, 9.17) is 9.72 Å². The second kappa shape index (κ2) is 7.04. The van der Waals surface area contributed by atoms with Crippen LogP contribution in [0.25, 0.3) is 11.3 Å². The van der Waals surface area contributed by atoms with E-state index >= 15 is 0 Å². The van der Waals surface area contributed by atoms with Gasteiger partial charge in [-0.05, 0) is 24.3 Å². The van der Waals surface area contributed by atoms with Gasteiger partial charge in [0.05, 0.1) is 36.8 Å². The van der Waals surface area contributed by atoms with E-state index in [0.717, 1.165) is 44.2 Å². The third-order valence-corrected chi connectivity index (χ3v) is 6.65. The summed E-state index contributed by atoms with van der Waals surface area (Å²) in [4.78, 5) is 9.81. The highest BCUT2D eigenvalue weighted by atomic mass is 32.2. The second-order valence-electron chi connectivity index (χ2n) is 6.45. The van der Waals surface area contributed by atoms with Crippen molar-refractivity contribution in [1.29, 1.82) is 0 Å². The number of para-hydroxylation sites is 1. The predicted octanol–water partition coefficient (Wildman–Crippen LogP) is 4.85. The Morgan fingerprint density at radius 2 is 1.88 bits per heavy atom. The first-order valence-electron chi connectivity index (χ1n) is 8.78. The average molecular weight is 382 g/mol. The van der Waals surface area contributed by atoms with Gasteiger partial charge in [-0.1, -0.05) is 30.0 Å². The maximum atomic E-state index is 5.42. The highest BCUT2D eigenvalue weighted by Gasteiger charge is 2.17. The molecule has 0 amide bonds. The zero-order chi connectivity index (χ0) is 17.3. The minimum absolute atomic E-state index is 0.827. The molecule has 6 heteroatoms. The molecule has 1 saturated heterocycles. The summed E-state index contributed by atoms with van der Waals surface area (Å²) < 4.78 is 5.42. The Bertz CT molecular complexity index is 934. The van der Waals surface area contributed by atoms with Crippen molar-refractivity contribution in [3.63, 3.8) is 0 Å². The molecule has 0 spiro atoms. The van der Waals surface area contributed by atoms with Crippen LogP contribution in [-0.2, 0) is 11.3 Å². The van der Waals surface area contributed by atoms with Gasteiger partial charge in [0.2, 0.25) is 0 Å². The molecule has 0 aliphatic carbocycles. The van der Waals surface area contributed by atoms with Crippen molar-refractivity contribution in [1.82, 2.24) is 9.88 Å². The Morgan fingerprint density at radius 1 is 1.04 bits per heavy atom. The Balaban J connectivity index is 1.37. The summed E-state index contributed by atoms with van der Waals surface area (Å²) in [6, 6.07) is 15.0. The summed E-state index contributed by atoms with van der Waals surface area (Å²) in [7, 11) is 0. The molecule has 1 N–H and O–H groups in total. The number of benzene rings is 2. The molecule has 26 heavy (non-hydrogen) atoms. The van der Waals surface area contributed by atoms with E-state index in [1.165, 1.54) is 26.0 Å². The topological polar surface area (TPSA) is 37.4 Å². The monoisotopic (exact) mass is 381 g/mol. The van der Waals surface area contributed by atoms with Crippen LogP contribution in [0, 0.1) is 0 Å². The van der Waals surface area contributed by atoms with Crippen LogP contribution < -0.4 is 5.32 Å². The van der Waals surface area contributed by atoms with Gasteiger partial charge in [0.25, 0.3) is 0 Å². The average Bonchev–Trinajstić information content (AvgIpc) is 3.15. The van der Waals surface area contributed by atoms with Gasteiger partial charge in [0, 0.05) is 33.8 Å². The number of nitrogens with one attached hydrogen (secondary N) is 1. The van der Waals surface area contributed by atoms with E-state index in [2.05, 4.69) is 58.1 Å². The van der Waals surface area contributed by atoms with Crippen molar-refractivity contribution in [3.05, 3.63) is 52.9 Å². The fourth-order valence-electron chi connectivity index (χ4n) is 3.27. The highest BCUT2D eigenvalue weighted by Crippen LogP contribution is 2.45. The summed E-state index contributed by atoms with van der Waals surface area (Å²) in [5, 5.41) is 6.90. The molecule has 0 atom stereocenters. The number of hydrogen-bond acceptors (Lipinski definition) is 6. The first-order chi connectivity index (χ1) is 12.8. The van der Waals surface area contributed by atoms with Crippen molar-refractivity contribution >= 4 is 34.5 Å². The van der Waals surface area contributed by atoms with Crippen molar-refractivity contribution in [2.45, 2.75) is 16.3 Å². The largest absolute Gasteiger partial charge is 0.379 e. The highest BCUT2D eigenvalue weighted by molar-refractivity contribution is 7.99. The zero-order valence-corrected chi connectivity index (χ0v) is 15.9. The molecule has 0 radical (unpaired) electrons. The number of rotatable bonds is 3. The molecule has 2 aliphatic rings. The summed E-state index contributed by atoms with van der Waals surface area (Å²) in [5.74, 6) is 0. The summed E-state index contributed by atoms with van der Waals surface area (Å²) in [6.45, 7) is 4.56. The lowest BCUT2D eigenvalue weighted by Gasteiger charge is -2.25. The number of aromatic nitrogens is 1. The molecule has 3 heterocycles. The third kappa shape index (κ3) is 3.25. The normalized spacial score (nSPS) is 16.6. The van der Waals surface area contributed by atoms with Crippen LogP contribution in [-0.4, -0.2) is 36.2 Å². The van der Waals surface area contributed by atoms with Crippen LogP contribution in [0.3, 0.4) is 0 Å². The Kier molecular flexibility index (Phi) is 4.42. The predicted molar refractivity (Wildman–Crippen MR) is 107 cm³/mol. The third-order valence-electron chi connectivity index (χ3n) is 4.67. The van der Waals surface area contributed by atoms with Crippen molar-refractivity contribution in [2.24, 2.45) is 0 Å². The first kappa shape index (κ1) is 16.3. The molecule has 5 rings (SSSR count). The van der Waals surface area contributed by atoms with Gasteiger partial charge >= 0.3 is 0 Å². The van der Waals surface area contributed by atoms with Crippen LogP contribution in [0.5, 0.6) is 0 Å². The van der Waals surface area contributed by atoms with Gasteiger partial charge in [0.1, 0.15) is 5.01 Å². The van der Waals surface area contributed by atoms with Gasteiger partial charge in [-0.2, -0.15) is 0 Å². The Labute approximate surface area is 161 Å². The number of morpholine rings is 1. The minimum atomic E-state index is 0.827. The molecule has 2 aromatic carbocycles. The maximum Gasteiger partial charge on any atom is 0.107 e. The zero-order valence-electron chi connectivity index (χ0n) is 14.3. The standard InChI is InChI=1S/C20H19N3OS2/c1-2-4-18-15(3-1)21-16-11-14(5-6-19(16)26-18)17-13-25-20(22-17)12-23-7-9-24-10-8-23/h1-6,11,13,21H,7-10,12H2. The summed E-state index contributed by atoms with van der Waals surface area (Å²) in [5.41, 5.74) is 4.56. The molecule has 4 nitrogen and oxygen atoms in total. The number of nitrogens with zero attached hydrogens (tertiary/aromatic N) is 2. The molecular weight excluding hydrogens is 362 g/mol. The molecule has 1 aromatic heterocycles. The fraction of sp³-hybridized carbons (Fsp3) is 0.250. The van der Waals surface area contributed by atoms with Crippen molar-refractivity contribution in [2.75, 3.05) is 31.6 Å². The van der Waals surface area contributed by atoms with E-state index < -0.39 is 0 Å². The van der Waals surface area contributed by atoms with E-state index in [-0.39, 0.29) is 0 Å². The van der Waals surface area contributed by atoms with Gasteiger partial charge < -0.3 is 10.1 Å². The Hall–Kier alpha value is -1.86. The van der Waals surface area contributed by atoms with Gasteiger partial charge in [0.15, 0.2) is 0 Å². The molecule has 2 aliphatic heterocycles. The molecule has 3 aromatic rings. The minimum Gasteiger partial charge on any atom is -0.379 e. The number of thiazole rings is 1. The lowest BCUT2D eigenvalue weighted by Crippen LogP contribution is -2.35. The quantitative estimate of drug-likeness (QED) is 0.549. The fourth-order valence-corrected chi connectivity index (χ4v) is 5.08. The van der Waals surface area contributed by atoms with E-state index in [0.29, 0.717) is 0 Å². The van der Waals surface area contributed by atoms with Gasteiger partial charge in [-0.25, -0.2) is 4.98 Å². The van der Waals surface area contributed by atoms with E-state index in [1.807, 2.05) is 11.8 Å². The molecule has 0 bridgehead atoms. The molecule has 1 fully saturated rings. The van der Waals surface area contributed by atoms with Crippen molar-refractivity contribution < 1.29 is 4.74 Å². The SMILES string of the molecule is c1ccc2c(c1)Nc1cc(-c3csc(CN4CCOCC4)n3)ccc1S2.